The molecule has 4 rings (SSSR count). The fourth-order valence-electron chi connectivity index (χ4n) is 3.92. The van der Waals surface area contributed by atoms with E-state index in [1.165, 1.54) is 67.6 Å². The van der Waals surface area contributed by atoms with Gasteiger partial charge < -0.3 is 15.8 Å². The molecule has 160 valence electrons. The van der Waals surface area contributed by atoms with Crippen LogP contribution >= 0.6 is 0 Å². The monoisotopic (exact) mass is 411 g/mol. The Morgan fingerprint density at radius 2 is 1.23 bits per heavy atom. The van der Waals surface area contributed by atoms with Gasteiger partial charge in [-0.2, -0.15) is 0 Å². The lowest BCUT2D eigenvalue weighted by Crippen LogP contribution is -2.17. The van der Waals surface area contributed by atoms with Gasteiger partial charge >= 0.3 is 0 Å². The van der Waals surface area contributed by atoms with Crippen molar-refractivity contribution >= 4 is 29.2 Å². The van der Waals surface area contributed by atoms with Crippen molar-refractivity contribution < 1.29 is 0 Å². The molecule has 1 heterocycles. The minimum absolute atomic E-state index is 1.04. The highest BCUT2D eigenvalue weighted by Gasteiger charge is 2.11. The van der Waals surface area contributed by atoms with Crippen molar-refractivity contribution in [2.45, 2.75) is 39.0 Å². The number of aryl methyl sites for hydroxylation is 1. The van der Waals surface area contributed by atoms with Crippen LogP contribution in [-0.4, -0.2) is 13.1 Å². The van der Waals surface area contributed by atoms with Gasteiger partial charge in [0, 0.05) is 18.8 Å². The third-order valence-electron chi connectivity index (χ3n) is 5.87. The van der Waals surface area contributed by atoms with Gasteiger partial charge in [0.1, 0.15) is 0 Å². The Bertz CT molecular complexity index is 951. The minimum atomic E-state index is 1.04. The van der Waals surface area contributed by atoms with Crippen molar-refractivity contribution in [1.29, 1.82) is 0 Å². The fourth-order valence-corrected chi connectivity index (χ4v) is 3.92. The summed E-state index contributed by atoms with van der Waals surface area (Å²) in [5.41, 5.74) is 13.8. The van der Waals surface area contributed by atoms with E-state index in [2.05, 4.69) is 108 Å². The molecule has 3 nitrogen and oxygen atoms in total. The molecule has 1 aliphatic heterocycles. The topological polar surface area (TPSA) is 27.3 Å². The van der Waals surface area contributed by atoms with E-state index in [9.17, 15) is 0 Å². The van der Waals surface area contributed by atoms with E-state index >= 15 is 0 Å². The molecule has 0 spiro atoms. The lowest BCUT2D eigenvalue weighted by molar-refractivity contribution is 0.795. The van der Waals surface area contributed by atoms with Crippen LogP contribution in [0.2, 0.25) is 0 Å². The van der Waals surface area contributed by atoms with Gasteiger partial charge in [0.05, 0.1) is 11.4 Å². The van der Waals surface area contributed by atoms with Gasteiger partial charge in [-0.1, -0.05) is 61.9 Å². The van der Waals surface area contributed by atoms with Crippen LogP contribution in [0.1, 0.15) is 49.3 Å². The van der Waals surface area contributed by atoms with Crippen molar-refractivity contribution in [3.8, 4) is 0 Å². The molecular weight excluding hydrogens is 378 g/mol. The molecule has 0 aliphatic carbocycles. The normalized spacial score (nSPS) is 13.6. The van der Waals surface area contributed by atoms with E-state index in [1.807, 2.05) is 0 Å². The van der Waals surface area contributed by atoms with Crippen molar-refractivity contribution in [2.24, 2.45) is 0 Å². The molecule has 1 fully saturated rings. The lowest BCUT2D eigenvalue weighted by atomic mass is 10.1. The first-order valence-corrected chi connectivity index (χ1v) is 11.5. The number of nitrogens with one attached hydrogen (secondary N) is 2. The molecule has 0 radical (unpaired) electrons. The van der Waals surface area contributed by atoms with Crippen LogP contribution in [0.15, 0.2) is 72.8 Å². The van der Waals surface area contributed by atoms with Crippen LogP contribution in [0.5, 0.6) is 0 Å². The van der Waals surface area contributed by atoms with Crippen molar-refractivity contribution in [3.63, 3.8) is 0 Å². The number of hydrogen-bond donors (Lipinski definition) is 2. The van der Waals surface area contributed by atoms with E-state index in [1.54, 1.807) is 0 Å². The van der Waals surface area contributed by atoms with Crippen molar-refractivity contribution in [3.05, 3.63) is 89.5 Å². The van der Waals surface area contributed by atoms with Gasteiger partial charge in [-0.15, -0.1) is 0 Å². The predicted octanol–water partition coefficient (Wildman–Crippen LogP) is 7.24. The summed E-state index contributed by atoms with van der Waals surface area (Å²) < 4.78 is 0. The second-order valence-electron chi connectivity index (χ2n) is 8.29. The van der Waals surface area contributed by atoms with Gasteiger partial charge in [0.15, 0.2) is 0 Å². The summed E-state index contributed by atoms with van der Waals surface area (Å²) in [5.74, 6) is 0. The van der Waals surface area contributed by atoms with Crippen molar-refractivity contribution in [2.75, 3.05) is 28.8 Å². The van der Waals surface area contributed by atoms with Crippen molar-refractivity contribution in [1.82, 2.24) is 0 Å². The standard InChI is InChI=1S/C28H33N3/c1-2-3-6-23-7-9-24(10-8-23)11-12-25-13-15-26(16-14-25)29-30-27-17-19-28(20-18-27)31-21-4-5-22-31/h7-20,29-30H,2-6,21-22H2,1H3/b12-11+. The number of rotatable bonds is 9. The molecule has 31 heavy (non-hydrogen) atoms. The maximum Gasteiger partial charge on any atom is 0.0541 e. The number of hydrogen-bond acceptors (Lipinski definition) is 3. The summed E-state index contributed by atoms with van der Waals surface area (Å²) in [6.07, 6.45) is 10.6. The summed E-state index contributed by atoms with van der Waals surface area (Å²) in [6, 6.07) is 26.0. The summed E-state index contributed by atoms with van der Waals surface area (Å²) in [6.45, 7) is 4.59. The summed E-state index contributed by atoms with van der Waals surface area (Å²) >= 11 is 0. The Balaban J connectivity index is 1.27. The zero-order valence-corrected chi connectivity index (χ0v) is 18.5. The highest BCUT2D eigenvalue weighted by Crippen LogP contribution is 2.22. The quantitative estimate of drug-likeness (QED) is 0.287. The molecule has 0 saturated carbocycles. The molecule has 0 amide bonds. The minimum Gasteiger partial charge on any atom is -0.372 e. The molecule has 3 heteroatoms. The molecular formula is C28H33N3. The number of nitrogens with zero attached hydrogens (tertiary/aromatic N) is 1. The molecule has 0 bridgehead atoms. The maximum atomic E-state index is 3.29. The Hall–Kier alpha value is -3.20. The summed E-state index contributed by atoms with van der Waals surface area (Å²) in [4.78, 5) is 2.45. The smallest absolute Gasteiger partial charge is 0.0541 e. The van der Waals surface area contributed by atoms with Gasteiger partial charge in [0.25, 0.3) is 0 Å². The van der Waals surface area contributed by atoms with E-state index in [0.717, 1.165) is 11.4 Å². The average molecular weight is 412 g/mol. The molecule has 3 aromatic carbocycles. The third kappa shape index (κ3) is 6.14. The van der Waals surface area contributed by atoms with Gasteiger partial charge in [-0.3, -0.25) is 0 Å². The number of unbranched alkanes of at least 4 members (excludes halogenated alkanes) is 1. The van der Waals surface area contributed by atoms with Crippen LogP contribution in [0.4, 0.5) is 17.1 Å². The second-order valence-corrected chi connectivity index (χ2v) is 8.29. The number of anilines is 3. The Morgan fingerprint density at radius 1 is 0.710 bits per heavy atom. The largest absolute Gasteiger partial charge is 0.372 e. The Morgan fingerprint density at radius 3 is 1.77 bits per heavy atom. The van der Waals surface area contributed by atoms with E-state index in [-0.39, 0.29) is 0 Å². The van der Waals surface area contributed by atoms with Crippen LogP contribution in [0.3, 0.4) is 0 Å². The molecule has 0 aromatic heterocycles. The fraction of sp³-hybridized carbons (Fsp3) is 0.286. The molecule has 0 atom stereocenters. The first-order chi connectivity index (χ1) is 15.3. The van der Waals surface area contributed by atoms with Crippen LogP contribution in [-0.2, 0) is 6.42 Å². The third-order valence-corrected chi connectivity index (χ3v) is 5.87. The lowest BCUT2D eigenvalue weighted by Gasteiger charge is -2.18. The van der Waals surface area contributed by atoms with E-state index in [0.29, 0.717) is 0 Å². The van der Waals surface area contributed by atoms with E-state index < -0.39 is 0 Å². The Kier molecular flexibility index (Phi) is 7.28. The highest BCUT2D eigenvalue weighted by atomic mass is 15.4. The molecule has 0 unspecified atom stereocenters. The number of hydrazine groups is 1. The average Bonchev–Trinajstić information content (AvgIpc) is 3.37. The maximum absolute atomic E-state index is 3.29. The molecule has 1 saturated heterocycles. The van der Waals surface area contributed by atoms with Crippen LogP contribution in [0.25, 0.3) is 12.2 Å². The SMILES string of the molecule is CCCCc1ccc(/C=C/c2ccc(NNc3ccc(N4CCCC4)cc3)cc2)cc1. The highest BCUT2D eigenvalue weighted by molar-refractivity contribution is 5.70. The first kappa shape index (κ1) is 21.0. The molecule has 3 aromatic rings. The zero-order chi connectivity index (χ0) is 21.3. The van der Waals surface area contributed by atoms with Gasteiger partial charge in [-0.25, -0.2) is 0 Å². The second kappa shape index (κ2) is 10.7. The summed E-state index contributed by atoms with van der Waals surface area (Å²) in [5, 5.41) is 0. The van der Waals surface area contributed by atoms with Gasteiger partial charge in [0.2, 0.25) is 0 Å². The summed E-state index contributed by atoms with van der Waals surface area (Å²) in [7, 11) is 0. The predicted molar refractivity (Wildman–Crippen MR) is 136 cm³/mol. The van der Waals surface area contributed by atoms with Crippen LogP contribution in [0, 0.1) is 0 Å². The van der Waals surface area contributed by atoms with E-state index in [4.69, 9.17) is 0 Å². The zero-order valence-electron chi connectivity index (χ0n) is 18.5. The van der Waals surface area contributed by atoms with Crippen LogP contribution < -0.4 is 15.8 Å². The van der Waals surface area contributed by atoms with Gasteiger partial charge in [-0.05, 0) is 78.8 Å². The number of benzene rings is 3. The first-order valence-electron chi connectivity index (χ1n) is 11.5. The molecule has 2 N–H and O–H groups in total. The Labute approximate surface area is 186 Å². The molecule has 1 aliphatic rings.